The van der Waals surface area contributed by atoms with Crippen LogP contribution in [0.3, 0.4) is 0 Å². The van der Waals surface area contributed by atoms with Gasteiger partial charge in [-0.3, -0.25) is 14.9 Å². The zero-order valence-electron chi connectivity index (χ0n) is 10.9. The van der Waals surface area contributed by atoms with Crippen LogP contribution in [0.4, 0.5) is 5.95 Å². The molecule has 1 aromatic rings. The van der Waals surface area contributed by atoms with Crippen molar-refractivity contribution >= 4 is 17.8 Å². The molecule has 20 heavy (non-hydrogen) atoms. The fraction of sp³-hybridized carbons (Fsp3) is 0.538. The van der Waals surface area contributed by atoms with Gasteiger partial charge in [0.25, 0.3) is 0 Å². The van der Waals surface area contributed by atoms with E-state index < -0.39 is 5.97 Å². The van der Waals surface area contributed by atoms with Gasteiger partial charge in [-0.2, -0.15) is 0 Å². The Kier molecular flexibility index (Phi) is 3.25. The number of allylic oxidation sites excluding steroid dienone is 2. The number of aromatic nitrogens is 3. The number of carbonyl (C=O) groups excluding carboxylic acids is 1. The minimum Gasteiger partial charge on any atom is -0.480 e. The molecule has 4 rings (SSSR count). The molecule has 0 aliphatic heterocycles. The van der Waals surface area contributed by atoms with Crippen molar-refractivity contribution in [1.29, 1.82) is 0 Å². The quantitative estimate of drug-likeness (QED) is 0.796. The molecular weight excluding hydrogens is 260 g/mol. The van der Waals surface area contributed by atoms with Gasteiger partial charge in [0.1, 0.15) is 12.9 Å². The highest BCUT2D eigenvalue weighted by molar-refractivity contribution is 5.91. The largest absolute Gasteiger partial charge is 0.480 e. The van der Waals surface area contributed by atoms with E-state index in [0.717, 1.165) is 19.3 Å². The van der Waals surface area contributed by atoms with Crippen LogP contribution >= 0.6 is 0 Å². The van der Waals surface area contributed by atoms with E-state index in [1.54, 1.807) is 0 Å². The Labute approximate surface area is 115 Å². The Hall–Kier alpha value is -2.18. The summed E-state index contributed by atoms with van der Waals surface area (Å²) < 4.78 is 1.19. The fourth-order valence-corrected chi connectivity index (χ4v) is 3.00. The van der Waals surface area contributed by atoms with Crippen molar-refractivity contribution in [3.63, 3.8) is 0 Å². The van der Waals surface area contributed by atoms with Crippen molar-refractivity contribution in [2.24, 2.45) is 17.8 Å². The number of hydrogen-bond donors (Lipinski definition) is 2. The van der Waals surface area contributed by atoms with Crippen molar-refractivity contribution in [3.05, 3.63) is 18.5 Å². The third-order valence-corrected chi connectivity index (χ3v) is 3.98. The van der Waals surface area contributed by atoms with Gasteiger partial charge in [-0.05, 0) is 31.1 Å². The van der Waals surface area contributed by atoms with Gasteiger partial charge in [0.2, 0.25) is 11.9 Å². The van der Waals surface area contributed by atoms with E-state index in [-0.39, 0.29) is 24.3 Å². The molecule has 1 aromatic heterocycles. The Bertz CT molecular complexity index is 566. The normalized spacial score (nSPS) is 27.5. The number of carboxylic acids is 1. The van der Waals surface area contributed by atoms with E-state index in [0.29, 0.717) is 11.8 Å². The van der Waals surface area contributed by atoms with Gasteiger partial charge >= 0.3 is 5.97 Å². The van der Waals surface area contributed by atoms with E-state index in [4.69, 9.17) is 5.11 Å². The third kappa shape index (κ3) is 2.56. The van der Waals surface area contributed by atoms with E-state index in [9.17, 15) is 9.59 Å². The summed E-state index contributed by atoms with van der Waals surface area (Å²) in [6.07, 6.45) is 8.74. The van der Waals surface area contributed by atoms with Crippen LogP contribution in [0.25, 0.3) is 0 Å². The number of nitrogens with one attached hydrogen (secondary N) is 1. The Morgan fingerprint density at radius 3 is 2.85 bits per heavy atom. The molecule has 3 aliphatic carbocycles. The number of carboxylic acid groups (broad SMARTS) is 1. The van der Waals surface area contributed by atoms with Crippen LogP contribution in [0.1, 0.15) is 19.3 Å². The van der Waals surface area contributed by atoms with Crippen LogP contribution in [0, 0.1) is 17.8 Å². The Morgan fingerprint density at radius 2 is 2.25 bits per heavy atom. The zero-order chi connectivity index (χ0) is 14.1. The first-order valence-corrected chi connectivity index (χ1v) is 6.72. The summed E-state index contributed by atoms with van der Waals surface area (Å²) in [4.78, 5) is 26.7. The standard InChI is InChI=1S/C13H16N4O3/c18-11(19)6-17-7-14-13(16-17)15-12(20)10-5-8-1-3-9(10)4-2-8/h1,3,7-10H,2,4-6H2,(H,18,19)(H,15,16,20)/t8-,9+,10-/m1/s1. The van der Waals surface area contributed by atoms with Crippen LogP contribution in [0.15, 0.2) is 18.5 Å². The minimum absolute atomic E-state index is 0.0230. The molecule has 2 bridgehead atoms. The second-order valence-electron chi connectivity index (χ2n) is 5.38. The van der Waals surface area contributed by atoms with Crippen LogP contribution < -0.4 is 5.32 Å². The van der Waals surface area contributed by atoms with Gasteiger partial charge in [-0.1, -0.05) is 12.2 Å². The maximum atomic E-state index is 12.2. The lowest BCUT2D eigenvalue weighted by Gasteiger charge is -2.36. The molecule has 106 valence electrons. The predicted octanol–water partition coefficient (Wildman–Crippen LogP) is 0.903. The Balaban J connectivity index is 1.63. The SMILES string of the molecule is O=C(O)Cn1cnc(NC(=O)[C@@H]2C[C@@H]3C=C[C@H]2CC3)n1. The molecule has 0 saturated heterocycles. The second-order valence-corrected chi connectivity index (χ2v) is 5.38. The summed E-state index contributed by atoms with van der Waals surface area (Å²) in [6.45, 7) is -0.264. The van der Waals surface area contributed by atoms with Gasteiger partial charge in [-0.15, -0.1) is 5.10 Å². The summed E-state index contributed by atoms with van der Waals surface area (Å²) in [5, 5.41) is 15.3. The summed E-state index contributed by atoms with van der Waals surface area (Å²) >= 11 is 0. The maximum absolute atomic E-state index is 12.2. The van der Waals surface area contributed by atoms with Crippen LogP contribution in [-0.4, -0.2) is 31.7 Å². The van der Waals surface area contributed by atoms with Crippen LogP contribution in [-0.2, 0) is 16.1 Å². The van der Waals surface area contributed by atoms with E-state index in [1.165, 1.54) is 11.0 Å². The first-order chi connectivity index (χ1) is 9.61. The molecular formula is C13H16N4O3. The number of aliphatic carboxylic acids is 1. The number of fused-ring (bicyclic) bond motifs is 2. The lowest BCUT2D eigenvalue weighted by atomic mass is 9.69. The molecule has 7 nitrogen and oxygen atoms in total. The smallest absolute Gasteiger partial charge is 0.325 e. The highest BCUT2D eigenvalue weighted by Crippen LogP contribution is 2.40. The lowest BCUT2D eigenvalue weighted by molar-refractivity contribution is -0.137. The van der Waals surface area contributed by atoms with E-state index in [1.807, 2.05) is 0 Å². The summed E-state index contributed by atoms with van der Waals surface area (Å²) in [5.41, 5.74) is 0. The highest BCUT2D eigenvalue weighted by atomic mass is 16.4. The molecule has 0 unspecified atom stereocenters. The highest BCUT2D eigenvalue weighted by Gasteiger charge is 2.36. The molecule has 0 spiro atoms. The number of amides is 1. The summed E-state index contributed by atoms with van der Waals surface area (Å²) in [5.74, 6) is -0.110. The fourth-order valence-electron chi connectivity index (χ4n) is 3.00. The van der Waals surface area contributed by atoms with Crippen molar-refractivity contribution in [3.8, 4) is 0 Å². The average Bonchev–Trinajstić information content (AvgIpc) is 2.86. The van der Waals surface area contributed by atoms with Gasteiger partial charge < -0.3 is 5.11 Å². The molecule has 1 saturated carbocycles. The van der Waals surface area contributed by atoms with Crippen molar-refractivity contribution in [2.75, 3.05) is 5.32 Å². The first kappa shape index (κ1) is 12.8. The Morgan fingerprint density at radius 1 is 1.40 bits per heavy atom. The van der Waals surface area contributed by atoms with Crippen molar-refractivity contribution in [1.82, 2.24) is 14.8 Å². The zero-order valence-corrected chi connectivity index (χ0v) is 10.9. The van der Waals surface area contributed by atoms with Crippen LogP contribution in [0.2, 0.25) is 0 Å². The number of rotatable bonds is 4. The molecule has 1 fully saturated rings. The molecule has 2 N–H and O–H groups in total. The molecule has 3 aliphatic rings. The number of nitrogens with zero attached hydrogens (tertiary/aromatic N) is 3. The lowest BCUT2D eigenvalue weighted by Crippen LogP contribution is -2.36. The topological polar surface area (TPSA) is 97.1 Å². The van der Waals surface area contributed by atoms with Gasteiger partial charge in [0.15, 0.2) is 0 Å². The van der Waals surface area contributed by atoms with Gasteiger partial charge in [0, 0.05) is 5.92 Å². The van der Waals surface area contributed by atoms with Gasteiger partial charge in [-0.25, -0.2) is 9.67 Å². The first-order valence-electron chi connectivity index (χ1n) is 6.72. The minimum atomic E-state index is -0.998. The van der Waals surface area contributed by atoms with E-state index in [2.05, 4.69) is 27.6 Å². The molecule has 7 heteroatoms. The monoisotopic (exact) mass is 276 g/mol. The van der Waals surface area contributed by atoms with Gasteiger partial charge in [0.05, 0.1) is 0 Å². The molecule has 0 radical (unpaired) electrons. The van der Waals surface area contributed by atoms with Crippen LogP contribution in [0.5, 0.6) is 0 Å². The predicted molar refractivity (Wildman–Crippen MR) is 69.7 cm³/mol. The summed E-state index contributed by atoms with van der Waals surface area (Å²) in [6, 6.07) is 0. The number of carbonyl (C=O) groups is 2. The second kappa shape index (κ2) is 5.07. The maximum Gasteiger partial charge on any atom is 0.325 e. The molecule has 1 amide bonds. The van der Waals surface area contributed by atoms with Crippen molar-refractivity contribution in [2.45, 2.75) is 25.8 Å². The molecule has 3 atom stereocenters. The number of hydrogen-bond acceptors (Lipinski definition) is 4. The molecule has 1 heterocycles. The summed E-state index contributed by atoms with van der Waals surface area (Å²) in [7, 11) is 0. The average molecular weight is 276 g/mol. The van der Waals surface area contributed by atoms with E-state index >= 15 is 0 Å². The number of anilines is 1. The molecule has 0 aromatic carbocycles. The van der Waals surface area contributed by atoms with Crippen molar-refractivity contribution < 1.29 is 14.7 Å². The third-order valence-electron chi connectivity index (χ3n) is 3.98.